The largest absolute Gasteiger partial charge is 0.469 e. The molecule has 20 heavy (non-hydrogen) atoms. The molecule has 106 valence electrons. The summed E-state index contributed by atoms with van der Waals surface area (Å²) < 4.78 is 5.98. The average molecular weight is 339 g/mol. The van der Waals surface area contributed by atoms with Gasteiger partial charge in [0, 0.05) is 34.8 Å². The summed E-state index contributed by atoms with van der Waals surface area (Å²) >= 11 is 3.35. The highest BCUT2D eigenvalue weighted by Gasteiger charge is 2.11. The zero-order valence-electron chi connectivity index (χ0n) is 11.0. The van der Waals surface area contributed by atoms with E-state index in [0.29, 0.717) is 4.47 Å². The molecular formula is C14H15BrN2O3. The van der Waals surface area contributed by atoms with Crippen LogP contribution in [0.2, 0.25) is 0 Å². The van der Waals surface area contributed by atoms with Crippen LogP contribution >= 0.6 is 15.9 Å². The van der Waals surface area contributed by atoms with Gasteiger partial charge in [-0.1, -0.05) is 0 Å². The standard InChI is InChI=1S/C14H15BrN2O3/c1-10(4-6-12-3-2-8-20-12)16-14-7-5-11(17(18)19)9-13(14)15/h2-3,5,7-10,16H,4,6H2,1H3. The van der Waals surface area contributed by atoms with Crippen molar-refractivity contribution in [3.05, 3.63) is 56.9 Å². The van der Waals surface area contributed by atoms with E-state index in [1.54, 1.807) is 12.3 Å². The van der Waals surface area contributed by atoms with Crippen LogP contribution in [0.15, 0.2) is 45.5 Å². The third kappa shape index (κ3) is 3.84. The summed E-state index contributed by atoms with van der Waals surface area (Å²) in [4.78, 5) is 10.3. The van der Waals surface area contributed by atoms with Crippen molar-refractivity contribution < 1.29 is 9.34 Å². The molecule has 6 heteroatoms. The first-order chi connectivity index (χ1) is 9.56. The van der Waals surface area contributed by atoms with Crippen molar-refractivity contribution in [3.63, 3.8) is 0 Å². The molecule has 1 heterocycles. The van der Waals surface area contributed by atoms with Gasteiger partial charge < -0.3 is 9.73 Å². The molecule has 1 unspecified atom stereocenters. The fourth-order valence-electron chi connectivity index (χ4n) is 1.89. The summed E-state index contributed by atoms with van der Waals surface area (Å²) in [5.41, 5.74) is 0.924. The smallest absolute Gasteiger partial charge is 0.270 e. The fourth-order valence-corrected chi connectivity index (χ4v) is 2.37. The molecule has 0 bridgehead atoms. The minimum absolute atomic E-state index is 0.0747. The van der Waals surface area contributed by atoms with Gasteiger partial charge in [-0.05, 0) is 47.5 Å². The molecule has 1 atom stereocenters. The second kappa shape index (κ2) is 6.56. The van der Waals surface area contributed by atoms with Gasteiger partial charge in [0.1, 0.15) is 5.76 Å². The lowest BCUT2D eigenvalue weighted by molar-refractivity contribution is -0.384. The molecule has 0 aliphatic rings. The minimum atomic E-state index is -0.408. The minimum Gasteiger partial charge on any atom is -0.469 e. The van der Waals surface area contributed by atoms with Gasteiger partial charge >= 0.3 is 0 Å². The highest BCUT2D eigenvalue weighted by atomic mass is 79.9. The summed E-state index contributed by atoms with van der Waals surface area (Å²) in [5, 5.41) is 14.0. The molecule has 5 nitrogen and oxygen atoms in total. The molecule has 1 aromatic heterocycles. The van der Waals surface area contributed by atoms with E-state index in [0.717, 1.165) is 24.3 Å². The van der Waals surface area contributed by atoms with Crippen molar-refractivity contribution in [2.45, 2.75) is 25.8 Å². The van der Waals surface area contributed by atoms with E-state index in [-0.39, 0.29) is 11.7 Å². The molecule has 0 radical (unpaired) electrons. The number of nitrogens with zero attached hydrogens (tertiary/aromatic N) is 1. The van der Waals surface area contributed by atoms with E-state index in [1.807, 2.05) is 12.1 Å². The molecule has 2 rings (SSSR count). The molecule has 0 saturated heterocycles. The predicted molar refractivity (Wildman–Crippen MR) is 80.9 cm³/mol. The van der Waals surface area contributed by atoms with Gasteiger partial charge in [-0.3, -0.25) is 10.1 Å². The quantitative estimate of drug-likeness (QED) is 0.626. The van der Waals surface area contributed by atoms with Gasteiger partial charge in [0.2, 0.25) is 0 Å². The summed E-state index contributed by atoms with van der Waals surface area (Å²) in [5.74, 6) is 0.960. The van der Waals surface area contributed by atoms with E-state index >= 15 is 0 Å². The SMILES string of the molecule is CC(CCc1ccco1)Nc1ccc([N+](=O)[O-])cc1Br. The Bertz CT molecular complexity index is 584. The summed E-state index contributed by atoms with van der Waals surface area (Å²) in [6, 6.07) is 8.77. The number of furan rings is 1. The van der Waals surface area contributed by atoms with Crippen LogP contribution in [0.3, 0.4) is 0 Å². The molecule has 0 spiro atoms. The Labute approximate surface area is 125 Å². The molecule has 0 aliphatic carbocycles. The van der Waals surface area contributed by atoms with Gasteiger partial charge in [-0.2, -0.15) is 0 Å². The Kier molecular flexibility index (Phi) is 4.79. The van der Waals surface area contributed by atoms with E-state index < -0.39 is 4.92 Å². The van der Waals surface area contributed by atoms with E-state index in [2.05, 4.69) is 28.2 Å². The lowest BCUT2D eigenvalue weighted by atomic mass is 10.1. The van der Waals surface area contributed by atoms with Gasteiger partial charge in [0.05, 0.1) is 11.2 Å². The predicted octanol–water partition coefficient (Wildman–Crippen LogP) is 4.38. The summed E-state index contributed by atoms with van der Waals surface area (Å²) in [6.45, 7) is 2.07. The number of non-ortho nitro benzene ring substituents is 1. The lowest BCUT2D eigenvalue weighted by Crippen LogP contribution is -2.16. The van der Waals surface area contributed by atoms with Crippen LogP contribution in [0.5, 0.6) is 0 Å². The number of nitro benzene ring substituents is 1. The van der Waals surface area contributed by atoms with Crippen molar-refractivity contribution in [2.75, 3.05) is 5.32 Å². The number of nitro groups is 1. The first kappa shape index (κ1) is 14.6. The highest BCUT2D eigenvalue weighted by Crippen LogP contribution is 2.28. The number of rotatable bonds is 6. The molecule has 2 aromatic rings. The van der Waals surface area contributed by atoms with Gasteiger partial charge in [-0.25, -0.2) is 0 Å². The van der Waals surface area contributed by atoms with Gasteiger partial charge in [0.25, 0.3) is 5.69 Å². The maximum atomic E-state index is 10.7. The number of aryl methyl sites for hydroxylation is 1. The monoisotopic (exact) mass is 338 g/mol. The second-order valence-electron chi connectivity index (χ2n) is 4.58. The Morgan fingerprint density at radius 3 is 2.85 bits per heavy atom. The lowest BCUT2D eigenvalue weighted by Gasteiger charge is -2.15. The van der Waals surface area contributed by atoms with Crippen LogP contribution in [-0.2, 0) is 6.42 Å². The van der Waals surface area contributed by atoms with Crippen LogP contribution in [0.25, 0.3) is 0 Å². The first-order valence-corrected chi connectivity index (χ1v) is 7.08. The van der Waals surface area contributed by atoms with Crippen LogP contribution in [-0.4, -0.2) is 11.0 Å². The van der Waals surface area contributed by atoms with Crippen molar-refractivity contribution in [1.29, 1.82) is 0 Å². The van der Waals surface area contributed by atoms with E-state index in [4.69, 9.17) is 4.42 Å². The molecule has 1 N–H and O–H groups in total. The van der Waals surface area contributed by atoms with Crippen molar-refractivity contribution >= 4 is 27.3 Å². The molecule has 0 fully saturated rings. The normalized spacial score (nSPS) is 12.1. The zero-order chi connectivity index (χ0) is 14.5. The van der Waals surface area contributed by atoms with Crippen LogP contribution in [0.4, 0.5) is 11.4 Å². The topological polar surface area (TPSA) is 68.3 Å². The molecule has 1 aromatic carbocycles. The van der Waals surface area contributed by atoms with Crippen molar-refractivity contribution in [1.82, 2.24) is 0 Å². The third-order valence-electron chi connectivity index (χ3n) is 2.97. The Morgan fingerprint density at radius 1 is 1.45 bits per heavy atom. The molecule has 0 aliphatic heterocycles. The van der Waals surface area contributed by atoms with Crippen LogP contribution in [0.1, 0.15) is 19.1 Å². The van der Waals surface area contributed by atoms with E-state index in [9.17, 15) is 10.1 Å². The highest BCUT2D eigenvalue weighted by molar-refractivity contribution is 9.10. The fraction of sp³-hybridized carbons (Fsp3) is 0.286. The molecular weight excluding hydrogens is 324 g/mol. The summed E-state index contributed by atoms with van der Waals surface area (Å²) in [6.07, 6.45) is 3.43. The van der Waals surface area contributed by atoms with Crippen LogP contribution < -0.4 is 5.32 Å². The zero-order valence-corrected chi connectivity index (χ0v) is 12.6. The van der Waals surface area contributed by atoms with E-state index in [1.165, 1.54) is 12.1 Å². The van der Waals surface area contributed by atoms with Crippen molar-refractivity contribution in [3.8, 4) is 0 Å². The average Bonchev–Trinajstić information content (AvgIpc) is 2.91. The maximum absolute atomic E-state index is 10.7. The van der Waals surface area contributed by atoms with Crippen molar-refractivity contribution in [2.24, 2.45) is 0 Å². The summed E-state index contributed by atoms with van der Waals surface area (Å²) in [7, 11) is 0. The third-order valence-corrected chi connectivity index (χ3v) is 3.63. The number of hydrogen-bond acceptors (Lipinski definition) is 4. The van der Waals surface area contributed by atoms with Gasteiger partial charge in [0.15, 0.2) is 0 Å². The van der Waals surface area contributed by atoms with Gasteiger partial charge in [-0.15, -0.1) is 0 Å². The maximum Gasteiger partial charge on any atom is 0.270 e. The number of hydrogen-bond donors (Lipinski definition) is 1. The number of anilines is 1. The molecule has 0 saturated carbocycles. The number of benzene rings is 1. The Hall–Kier alpha value is -1.82. The Balaban J connectivity index is 1.93. The number of halogens is 1. The van der Waals surface area contributed by atoms with Crippen LogP contribution in [0, 0.1) is 10.1 Å². The second-order valence-corrected chi connectivity index (χ2v) is 5.44. The first-order valence-electron chi connectivity index (χ1n) is 6.29. The Morgan fingerprint density at radius 2 is 2.25 bits per heavy atom. The number of nitrogens with one attached hydrogen (secondary N) is 1. The molecule has 0 amide bonds.